The second kappa shape index (κ2) is 7.54. The standard InChI is InChI=1S/C24H24F3N5O2/c1-12(14-5-4-6-15(18(14)25)19(26)27)30-20-16-7-17(22(34)32(3)21(16)29-11-28-20)23-8-24(9-23,10-23)31-13(2)33/h4-7,11-12,19H,8-10H2,1-3H3,(H,31,33)(H,28,29,30)/t12-,23?,24?/m1/s1. The molecule has 34 heavy (non-hydrogen) atoms. The van der Waals surface area contributed by atoms with Crippen LogP contribution in [0.1, 0.15) is 62.3 Å². The first-order chi connectivity index (χ1) is 16.1. The maximum atomic E-state index is 14.7. The molecule has 2 bridgehead atoms. The highest BCUT2D eigenvalue weighted by molar-refractivity contribution is 5.87. The molecule has 0 unspecified atom stereocenters. The Labute approximate surface area is 193 Å². The molecule has 1 aromatic carbocycles. The Morgan fingerprint density at radius 2 is 1.85 bits per heavy atom. The summed E-state index contributed by atoms with van der Waals surface area (Å²) in [5.41, 5.74) is -0.220. The summed E-state index contributed by atoms with van der Waals surface area (Å²) in [6, 6.07) is 5.01. The van der Waals surface area contributed by atoms with E-state index in [0.717, 1.165) is 6.07 Å². The Morgan fingerprint density at radius 1 is 1.18 bits per heavy atom. The van der Waals surface area contributed by atoms with Crippen LogP contribution in [0.2, 0.25) is 0 Å². The predicted octanol–water partition coefficient (Wildman–Crippen LogP) is 3.89. The van der Waals surface area contributed by atoms with E-state index in [2.05, 4.69) is 20.6 Å². The third-order valence-electron chi connectivity index (χ3n) is 7.16. The van der Waals surface area contributed by atoms with Gasteiger partial charge in [-0.3, -0.25) is 14.2 Å². The molecule has 2 N–H and O–H groups in total. The van der Waals surface area contributed by atoms with Crippen LogP contribution in [0, 0.1) is 5.82 Å². The summed E-state index contributed by atoms with van der Waals surface area (Å²) in [6.45, 7) is 3.14. The average molecular weight is 471 g/mol. The molecular formula is C24H24F3N5O2. The van der Waals surface area contributed by atoms with Gasteiger partial charge < -0.3 is 10.6 Å². The molecule has 6 rings (SSSR count). The van der Waals surface area contributed by atoms with Crippen molar-refractivity contribution >= 4 is 22.8 Å². The number of amides is 1. The summed E-state index contributed by atoms with van der Waals surface area (Å²) >= 11 is 0. The summed E-state index contributed by atoms with van der Waals surface area (Å²) in [5.74, 6) is -0.669. The molecule has 0 aliphatic heterocycles. The molecule has 2 aromatic heterocycles. The van der Waals surface area contributed by atoms with Gasteiger partial charge in [-0.15, -0.1) is 0 Å². The fourth-order valence-corrected chi connectivity index (χ4v) is 5.70. The topological polar surface area (TPSA) is 88.9 Å². The van der Waals surface area contributed by atoms with E-state index < -0.39 is 23.8 Å². The molecule has 3 saturated carbocycles. The van der Waals surface area contributed by atoms with Gasteiger partial charge in [0, 0.05) is 36.1 Å². The minimum Gasteiger partial charge on any atom is -0.363 e. The highest BCUT2D eigenvalue weighted by Gasteiger charge is 2.69. The summed E-state index contributed by atoms with van der Waals surface area (Å²) in [6.07, 6.45) is 0.462. The van der Waals surface area contributed by atoms with Gasteiger partial charge in [-0.1, -0.05) is 18.2 Å². The zero-order valence-corrected chi connectivity index (χ0v) is 19.0. The van der Waals surface area contributed by atoms with Crippen LogP contribution in [0.5, 0.6) is 0 Å². The van der Waals surface area contributed by atoms with Crippen LogP contribution in [-0.2, 0) is 17.3 Å². The normalized spacial score (nSPS) is 23.9. The molecular weight excluding hydrogens is 447 g/mol. The lowest BCUT2D eigenvalue weighted by Crippen LogP contribution is -2.77. The van der Waals surface area contributed by atoms with Crippen molar-refractivity contribution in [1.29, 1.82) is 0 Å². The van der Waals surface area contributed by atoms with E-state index in [9.17, 15) is 22.8 Å². The predicted molar refractivity (Wildman–Crippen MR) is 120 cm³/mol. The van der Waals surface area contributed by atoms with Crippen LogP contribution < -0.4 is 16.2 Å². The lowest BCUT2D eigenvalue weighted by atomic mass is 9.37. The van der Waals surface area contributed by atoms with Gasteiger partial charge in [0.05, 0.1) is 17.0 Å². The molecule has 1 amide bonds. The monoisotopic (exact) mass is 471 g/mol. The largest absolute Gasteiger partial charge is 0.363 e. The number of fused-ring (bicyclic) bond motifs is 1. The van der Waals surface area contributed by atoms with E-state index in [-0.39, 0.29) is 28.0 Å². The fraction of sp³-hybridized carbons (Fsp3) is 0.417. The number of hydrogen-bond acceptors (Lipinski definition) is 5. The molecule has 3 aromatic rings. The van der Waals surface area contributed by atoms with E-state index in [1.807, 2.05) is 0 Å². The Bertz CT molecular complexity index is 1370. The lowest BCUT2D eigenvalue weighted by molar-refractivity contribution is -0.136. The molecule has 3 aliphatic rings. The molecule has 3 aliphatic carbocycles. The van der Waals surface area contributed by atoms with Crippen LogP contribution in [0.25, 0.3) is 11.0 Å². The van der Waals surface area contributed by atoms with Gasteiger partial charge in [-0.2, -0.15) is 0 Å². The van der Waals surface area contributed by atoms with Gasteiger partial charge in [-0.05, 0) is 32.3 Å². The number of aryl methyl sites for hydroxylation is 1. The van der Waals surface area contributed by atoms with E-state index in [0.29, 0.717) is 41.7 Å². The lowest BCUT2D eigenvalue weighted by Gasteiger charge is -2.70. The third-order valence-corrected chi connectivity index (χ3v) is 7.16. The van der Waals surface area contributed by atoms with Crippen molar-refractivity contribution in [2.75, 3.05) is 5.32 Å². The van der Waals surface area contributed by atoms with Gasteiger partial charge in [0.25, 0.3) is 12.0 Å². The van der Waals surface area contributed by atoms with Crippen LogP contribution in [0.3, 0.4) is 0 Å². The first kappa shape index (κ1) is 22.4. The number of benzene rings is 1. The number of rotatable bonds is 6. The Balaban J connectivity index is 1.51. The Morgan fingerprint density at radius 3 is 2.50 bits per heavy atom. The molecule has 10 heteroatoms. The number of hydrogen-bond donors (Lipinski definition) is 2. The number of carbonyl (C=O) groups excluding carboxylic acids is 1. The average Bonchev–Trinajstić information content (AvgIpc) is 2.72. The number of pyridine rings is 1. The summed E-state index contributed by atoms with van der Waals surface area (Å²) < 4.78 is 42.4. The first-order valence-corrected chi connectivity index (χ1v) is 11.0. The highest BCUT2D eigenvalue weighted by atomic mass is 19.3. The van der Waals surface area contributed by atoms with Gasteiger partial charge >= 0.3 is 0 Å². The number of anilines is 1. The van der Waals surface area contributed by atoms with E-state index >= 15 is 0 Å². The van der Waals surface area contributed by atoms with Crippen molar-refractivity contribution in [3.63, 3.8) is 0 Å². The zero-order valence-electron chi connectivity index (χ0n) is 19.0. The molecule has 1 atom stereocenters. The van der Waals surface area contributed by atoms with E-state index in [4.69, 9.17) is 0 Å². The van der Waals surface area contributed by atoms with Gasteiger partial charge in [0.1, 0.15) is 23.6 Å². The van der Waals surface area contributed by atoms with Crippen molar-refractivity contribution in [2.45, 2.75) is 56.5 Å². The number of halogens is 3. The van der Waals surface area contributed by atoms with Gasteiger partial charge in [0.2, 0.25) is 5.91 Å². The quantitative estimate of drug-likeness (QED) is 0.570. The molecule has 7 nitrogen and oxygen atoms in total. The third kappa shape index (κ3) is 3.26. The first-order valence-electron chi connectivity index (χ1n) is 11.0. The minimum absolute atomic E-state index is 0.0864. The number of alkyl halides is 2. The fourth-order valence-electron chi connectivity index (χ4n) is 5.70. The summed E-state index contributed by atoms with van der Waals surface area (Å²) in [5, 5.41) is 6.67. The number of carbonyl (C=O) groups is 1. The highest BCUT2D eigenvalue weighted by Crippen LogP contribution is 2.67. The van der Waals surface area contributed by atoms with E-state index in [1.54, 1.807) is 20.0 Å². The molecule has 0 saturated heterocycles. The summed E-state index contributed by atoms with van der Waals surface area (Å²) in [7, 11) is 1.63. The van der Waals surface area contributed by atoms with Crippen molar-refractivity contribution in [2.24, 2.45) is 7.05 Å². The number of nitrogens with zero attached hydrogens (tertiary/aromatic N) is 3. The van der Waals surface area contributed by atoms with Gasteiger partial charge in [-0.25, -0.2) is 23.1 Å². The molecule has 0 radical (unpaired) electrons. The zero-order chi connectivity index (χ0) is 24.4. The number of nitrogens with one attached hydrogen (secondary N) is 2. The summed E-state index contributed by atoms with van der Waals surface area (Å²) in [4.78, 5) is 33.2. The minimum atomic E-state index is -2.92. The second-order valence-corrected chi connectivity index (χ2v) is 9.57. The van der Waals surface area contributed by atoms with Crippen molar-refractivity contribution in [3.8, 4) is 0 Å². The van der Waals surface area contributed by atoms with Crippen molar-refractivity contribution in [3.05, 3.63) is 63.5 Å². The maximum Gasteiger partial charge on any atom is 0.266 e. The molecule has 178 valence electrons. The van der Waals surface area contributed by atoms with E-state index in [1.165, 1.54) is 30.0 Å². The van der Waals surface area contributed by atoms with Crippen LogP contribution in [0.15, 0.2) is 35.4 Å². The smallest absolute Gasteiger partial charge is 0.266 e. The van der Waals surface area contributed by atoms with Crippen molar-refractivity contribution in [1.82, 2.24) is 19.9 Å². The van der Waals surface area contributed by atoms with Crippen LogP contribution >= 0.6 is 0 Å². The van der Waals surface area contributed by atoms with Gasteiger partial charge in [0.15, 0.2) is 0 Å². The second-order valence-electron chi connectivity index (χ2n) is 9.57. The van der Waals surface area contributed by atoms with Crippen LogP contribution in [0.4, 0.5) is 19.0 Å². The maximum absolute atomic E-state index is 14.7. The molecule has 2 heterocycles. The van der Waals surface area contributed by atoms with Crippen molar-refractivity contribution < 1.29 is 18.0 Å². The van der Waals surface area contributed by atoms with Crippen LogP contribution in [-0.4, -0.2) is 26.0 Å². The molecule has 3 fully saturated rings. The SMILES string of the molecule is CC(=O)NC12CC(c3cc4c(N[C@H](C)c5cccc(C(F)F)c5F)ncnc4n(C)c3=O)(C1)C2. The number of aromatic nitrogens is 3. The Hall–Kier alpha value is -3.43. The Kier molecular flexibility index (Phi) is 4.96. The molecule has 0 spiro atoms.